The van der Waals surface area contributed by atoms with Crippen LogP contribution in [-0.4, -0.2) is 24.8 Å². The van der Waals surface area contributed by atoms with Crippen LogP contribution >= 0.6 is 0 Å². The van der Waals surface area contributed by atoms with Crippen LogP contribution in [0.1, 0.15) is 37.5 Å². The number of hydrogen-bond acceptors (Lipinski definition) is 2. The van der Waals surface area contributed by atoms with Crippen LogP contribution in [0.25, 0.3) is 5.57 Å². The lowest BCUT2D eigenvalue weighted by Gasteiger charge is -2.13. The van der Waals surface area contributed by atoms with Crippen molar-refractivity contribution in [1.82, 2.24) is 4.90 Å². The first-order valence-electron chi connectivity index (χ1n) is 8.71. The fourth-order valence-corrected chi connectivity index (χ4v) is 2.36. The predicted octanol–water partition coefficient (Wildman–Crippen LogP) is 6.13. The molecule has 0 N–H and O–H groups in total. The lowest BCUT2D eigenvalue weighted by atomic mass is 10.1. The summed E-state index contributed by atoms with van der Waals surface area (Å²) in [7, 11) is 2.02. The Hall–Kier alpha value is -2.55. The van der Waals surface area contributed by atoms with E-state index in [1.807, 2.05) is 37.3 Å². The third-order valence-corrected chi connectivity index (χ3v) is 4.34. The molecule has 0 aliphatic rings. The maximum atomic E-state index is 6.14. The third-order valence-electron chi connectivity index (χ3n) is 4.34. The molecule has 3 heteroatoms. The van der Waals surface area contributed by atoms with Crippen molar-refractivity contribution in [2.24, 2.45) is 4.99 Å². The van der Waals surface area contributed by atoms with E-state index in [1.54, 1.807) is 0 Å². The van der Waals surface area contributed by atoms with Crippen molar-refractivity contribution in [1.29, 1.82) is 0 Å². The van der Waals surface area contributed by atoms with Crippen molar-refractivity contribution >= 4 is 17.6 Å². The van der Waals surface area contributed by atoms with E-state index < -0.39 is 0 Å². The van der Waals surface area contributed by atoms with Gasteiger partial charge in [0.15, 0.2) is 0 Å². The molecule has 0 bridgehead atoms. The van der Waals surface area contributed by atoms with E-state index in [1.165, 1.54) is 11.1 Å². The number of ether oxygens (including phenoxy) is 1. The number of aliphatic imine (C=N–C) groups is 1. The van der Waals surface area contributed by atoms with Crippen LogP contribution in [0, 0.1) is 13.8 Å². The van der Waals surface area contributed by atoms with Crippen molar-refractivity contribution in [3.8, 4) is 11.5 Å². The molecule has 0 saturated heterocycles. The summed E-state index contributed by atoms with van der Waals surface area (Å²) in [6, 6.07) is 12.3. The van der Waals surface area contributed by atoms with E-state index >= 15 is 0 Å². The summed E-state index contributed by atoms with van der Waals surface area (Å²) in [6.07, 6.45) is 3.97. The largest absolute Gasteiger partial charge is 0.457 e. The maximum Gasteiger partial charge on any atom is 0.130 e. The number of hydrogen-bond donors (Lipinski definition) is 0. The summed E-state index contributed by atoms with van der Waals surface area (Å²) >= 11 is 0. The molecule has 0 aliphatic heterocycles. The van der Waals surface area contributed by atoms with E-state index in [0.717, 1.165) is 34.9 Å². The fourth-order valence-electron chi connectivity index (χ4n) is 2.36. The minimum Gasteiger partial charge on any atom is -0.457 e. The van der Waals surface area contributed by atoms with E-state index in [9.17, 15) is 0 Å². The quantitative estimate of drug-likeness (QED) is 0.468. The van der Waals surface area contributed by atoms with Gasteiger partial charge in [-0.1, -0.05) is 18.2 Å². The van der Waals surface area contributed by atoms with Gasteiger partial charge in [-0.05, 0) is 81.1 Å². The van der Waals surface area contributed by atoms with E-state index in [2.05, 4.69) is 63.0 Å². The molecular weight excluding hydrogens is 308 g/mol. The molecular formula is C22H28N2O. The van der Waals surface area contributed by atoms with Gasteiger partial charge < -0.3 is 9.64 Å². The highest BCUT2D eigenvalue weighted by Crippen LogP contribution is 2.32. The standard InChI is InChI=1S/C22H28N2O/c1-7-16(3)19-10-9-11-20(14-19)25-22-13-17(4)21(12-18(22)5)23-15-24(6)8-2/h7,9-15H,8H2,1-6H3/b16-7+,23-15?. The number of aryl methyl sites for hydroxylation is 2. The highest BCUT2D eigenvalue weighted by Gasteiger charge is 2.07. The molecule has 0 aromatic heterocycles. The van der Waals surface area contributed by atoms with Gasteiger partial charge in [-0.3, -0.25) is 0 Å². The molecule has 2 aromatic rings. The Morgan fingerprint density at radius 2 is 1.92 bits per heavy atom. The Labute approximate surface area is 151 Å². The Kier molecular flexibility index (Phi) is 6.40. The SMILES string of the molecule is C/C=C(\C)c1cccc(Oc2cc(C)c(N=CN(C)CC)cc2C)c1. The molecule has 0 aliphatic carbocycles. The molecule has 0 saturated carbocycles. The minimum absolute atomic E-state index is 0.850. The molecule has 2 aromatic carbocycles. The summed E-state index contributed by atoms with van der Waals surface area (Å²) in [5.41, 5.74) is 5.57. The van der Waals surface area contributed by atoms with E-state index in [0.29, 0.717) is 0 Å². The smallest absolute Gasteiger partial charge is 0.130 e. The molecule has 2 rings (SSSR count). The molecule has 0 unspecified atom stereocenters. The molecule has 0 amide bonds. The summed E-state index contributed by atoms with van der Waals surface area (Å²) < 4.78 is 6.14. The number of benzene rings is 2. The van der Waals surface area contributed by atoms with E-state index in [-0.39, 0.29) is 0 Å². The Morgan fingerprint density at radius 3 is 2.60 bits per heavy atom. The van der Waals surface area contributed by atoms with E-state index in [4.69, 9.17) is 4.74 Å². The normalized spacial score (nSPS) is 11.8. The van der Waals surface area contributed by atoms with Crippen molar-refractivity contribution < 1.29 is 4.74 Å². The summed E-state index contributed by atoms with van der Waals surface area (Å²) in [6.45, 7) is 11.3. The van der Waals surface area contributed by atoms with Crippen molar-refractivity contribution in [2.75, 3.05) is 13.6 Å². The second-order valence-electron chi connectivity index (χ2n) is 6.32. The van der Waals surface area contributed by atoms with Gasteiger partial charge in [0.25, 0.3) is 0 Å². The lowest BCUT2D eigenvalue weighted by Crippen LogP contribution is -2.14. The zero-order valence-corrected chi connectivity index (χ0v) is 16.1. The average Bonchev–Trinajstić information content (AvgIpc) is 2.62. The minimum atomic E-state index is 0.850. The molecule has 0 atom stereocenters. The van der Waals surface area contributed by atoms with Gasteiger partial charge in [-0.25, -0.2) is 4.99 Å². The summed E-state index contributed by atoms with van der Waals surface area (Å²) in [4.78, 5) is 6.62. The van der Waals surface area contributed by atoms with Crippen LogP contribution in [0.3, 0.4) is 0 Å². The third kappa shape index (κ3) is 4.96. The topological polar surface area (TPSA) is 24.8 Å². The molecule has 0 spiro atoms. The van der Waals surface area contributed by atoms with Gasteiger partial charge in [0.1, 0.15) is 11.5 Å². The highest BCUT2D eigenvalue weighted by atomic mass is 16.5. The Bertz CT molecular complexity index is 791. The monoisotopic (exact) mass is 336 g/mol. The zero-order chi connectivity index (χ0) is 18.4. The van der Waals surface area contributed by atoms with Crippen molar-refractivity contribution in [2.45, 2.75) is 34.6 Å². The van der Waals surface area contributed by atoms with Gasteiger partial charge >= 0.3 is 0 Å². The molecule has 0 fully saturated rings. The van der Waals surface area contributed by atoms with Crippen LogP contribution in [-0.2, 0) is 0 Å². The first-order valence-corrected chi connectivity index (χ1v) is 8.71. The molecule has 3 nitrogen and oxygen atoms in total. The van der Waals surface area contributed by atoms with Gasteiger partial charge in [0.2, 0.25) is 0 Å². The van der Waals surface area contributed by atoms with Gasteiger partial charge in [0, 0.05) is 13.6 Å². The van der Waals surface area contributed by atoms with Crippen molar-refractivity contribution in [3.05, 3.63) is 59.2 Å². The Morgan fingerprint density at radius 1 is 1.16 bits per heavy atom. The van der Waals surface area contributed by atoms with Gasteiger partial charge in [-0.2, -0.15) is 0 Å². The van der Waals surface area contributed by atoms with Gasteiger partial charge in [-0.15, -0.1) is 0 Å². The average molecular weight is 336 g/mol. The highest BCUT2D eigenvalue weighted by molar-refractivity contribution is 5.66. The van der Waals surface area contributed by atoms with Gasteiger partial charge in [0.05, 0.1) is 12.0 Å². The van der Waals surface area contributed by atoms with Crippen LogP contribution in [0.5, 0.6) is 11.5 Å². The molecule has 25 heavy (non-hydrogen) atoms. The summed E-state index contributed by atoms with van der Waals surface area (Å²) in [5, 5.41) is 0. The second-order valence-corrected chi connectivity index (χ2v) is 6.32. The van der Waals surface area contributed by atoms with Crippen LogP contribution in [0.15, 0.2) is 47.5 Å². The molecule has 0 heterocycles. The molecule has 132 valence electrons. The van der Waals surface area contributed by atoms with Crippen LogP contribution in [0.4, 0.5) is 5.69 Å². The number of allylic oxidation sites excluding steroid dienone is 2. The second kappa shape index (κ2) is 8.52. The Balaban J connectivity index is 2.27. The number of rotatable bonds is 6. The number of nitrogens with zero attached hydrogens (tertiary/aromatic N) is 2. The first-order chi connectivity index (χ1) is 11.9. The summed E-state index contributed by atoms with van der Waals surface area (Å²) in [5.74, 6) is 1.72. The van der Waals surface area contributed by atoms with Crippen LogP contribution < -0.4 is 4.74 Å². The predicted molar refractivity (Wildman–Crippen MR) is 108 cm³/mol. The van der Waals surface area contributed by atoms with Crippen LogP contribution in [0.2, 0.25) is 0 Å². The van der Waals surface area contributed by atoms with Crippen molar-refractivity contribution in [3.63, 3.8) is 0 Å². The lowest BCUT2D eigenvalue weighted by molar-refractivity contribution is 0.478. The molecule has 0 radical (unpaired) electrons. The maximum absolute atomic E-state index is 6.14. The zero-order valence-electron chi connectivity index (χ0n) is 16.1. The first kappa shape index (κ1) is 18.8. The fraction of sp³-hybridized carbons (Fsp3) is 0.318.